The number of rotatable bonds is 10. The average molecular weight is 521 g/mol. The fourth-order valence-electron chi connectivity index (χ4n) is 2.15. The van der Waals surface area contributed by atoms with Crippen LogP contribution in [0.25, 0.3) is 0 Å². The van der Waals surface area contributed by atoms with Crippen molar-refractivity contribution in [2.45, 2.75) is 6.42 Å². The predicted molar refractivity (Wildman–Crippen MR) is 124 cm³/mol. The summed E-state index contributed by atoms with van der Waals surface area (Å²) < 4.78 is 16.3. The van der Waals surface area contributed by atoms with Crippen molar-refractivity contribution < 1.29 is 14.2 Å². The summed E-state index contributed by atoms with van der Waals surface area (Å²) in [5.74, 6) is 1.96. The Bertz CT molecular complexity index is 717. The van der Waals surface area contributed by atoms with Crippen LogP contribution < -0.4 is 20.1 Å². The van der Waals surface area contributed by atoms with E-state index in [0.29, 0.717) is 43.2 Å². The minimum absolute atomic E-state index is 0. The maximum absolute atomic E-state index is 5.79. The Morgan fingerprint density at radius 3 is 2.71 bits per heavy atom. The normalized spacial score (nSPS) is 10.8. The summed E-state index contributed by atoms with van der Waals surface area (Å²) in [5, 5.41) is 6.98. The van der Waals surface area contributed by atoms with Crippen LogP contribution in [0.4, 0.5) is 5.69 Å². The third kappa shape index (κ3) is 9.43. The number of nitrogens with one attached hydrogen (secondary N) is 2. The van der Waals surface area contributed by atoms with Gasteiger partial charge in [-0.3, -0.25) is 4.99 Å². The van der Waals surface area contributed by atoms with Gasteiger partial charge in [-0.25, -0.2) is 4.98 Å². The largest absolute Gasteiger partial charge is 0.493 e. The average Bonchev–Trinajstić information content (AvgIpc) is 2.69. The number of hydrogen-bond acceptors (Lipinski definition) is 5. The maximum Gasteiger partial charge on any atom is 0.213 e. The lowest BCUT2D eigenvalue weighted by Gasteiger charge is -2.13. The zero-order valence-electron chi connectivity index (χ0n) is 16.0. The lowest BCUT2D eigenvalue weighted by molar-refractivity contribution is 0.172. The van der Waals surface area contributed by atoms with E-state index >= 15 is 0 Å². The number of anilines is 1. The summed E-state index contributed by atoms with van der Waals surface area (Å²) in [6.45, 7) is 2.30. The Balaban J connectivity index is 0.00000392. The van der Waals surface area contributed by atoms with Gasteiger partial charge in [0.25, 0.3) is 0 Å². The van der Waals surface area contributed by atoms with E-state index in [9.17, 15) is 0 Å². The second kappa shape index (κ2) is 14.3. The first-order valence-electron chi connectivity index (χ1n) is 8.65. The molecular formula is C19H26ClIN4O3. The standard InChI is InChI=1S/C19H25ClN4O3.HI/c1-21-19(22-9-12-27-18-8-7-15(20)14-23-18)24-16-5-3-6-17(13-16)26-11-4-10-25-2;/h3,5-8,13-14H,4,9-12H2,1-2H3,(H2,21,22,24);1H. The van der Waals surface area contributed by atoms with E-state index in [2.05, 4.69) is 20.6 Å². The van der Waals surface area contributed by atoms with Crippen LogP contribution in [0, 0.1) is 0 Å². The fourth-order valence-corrected chi connectivity index (χ4v) is 2.26. The van der Waals surface area contributed by atoms with Crippen molar-refractivity contribution in [3.8, 4) is 11.6 Å². The molecule has 0 aliphatic heterocycles. The highest BCUT2D eigenvalue weighted by Gasteiger charge is 2.02. The van der Waals surface area contributed by atoms with Crippen molar-refractivity contribution in [3.05, 3.63) is 47.6 Å². The Hall–Kier alpha value is -1.78. The minimum Gasteiger partial charge on any atom is -0.493 e. The first-order chi connectivity index (χ1) is 13.2. The van der Waals surface area contributed by atoms with Crippen LogP contribution in [0.5, 0.6) is 11.6 Å². The number of nitrogens with zero attached hydrogens (tertiary/aromatic N) is 2. The smallest absolute Gasteiger partial charge is 0.213 e. The molecule has 0 saturated carbocycles. The third-order valence-corrected chi connectivity index (χ3v) is 3.65. The molecule has 0 atom stereocenters. The monoisotopic (exact) mass is 520 g/mol. The second-order valence-electron chi connectivity index (χ2n) is 5.51. The number of benzene rings is 1. The Labute approximate surface area is 187 Å². The van der Waals surface area contributed by atoms with Crippen LogP contribution in [-0.4, -0.2) is 51.5 Å². The third-order valence-electron chi connectivity index (χ3n) is 3.43. The van der Waals surface area contributed by atoms with Crippen LogP contribution in [0.2, 0.25) is 5.02 Å². The van der Waals surface area contributed by atoms with Crippen LogP contribution >= 0.6 is 35.6 Å². The fraction of sp³-hybridized carbons (Fsp3) is 0.368. The zero-order valence-corrected chi connectivity index (χ0v) is 19.1. The predicted octanol–water partition coefficient (Wildman–Crippen LogP) is 3.83. The summed E-state index contributed by atoms with van der Waals surface area (Å²) in [7, 11) is 3.39. The van der Waals surface area contributed by atoms with Crippen molar-refractivity contribution in [2.24, 2.45) is 4.99 Å². The summed E-state index contributed by atoms with van der Waals surface area (Å²) in [4.78, 5) is 8.28. The van der Waals surface area contributed by atoms with Gasteiger partial charge in [-0.1, -0.05) is 17.7 Å². The quantitative estimate of drug-likeness (QED) is 0.215. The molecule has 1 heterocycles. The van der Waals surface area contributed by atoms with E-state index in [1.54, 1.807) is 32.5 Å². The molecule has 1 aromatic carbocycles. The second-order valence-corrected chi connectivity index (χ2v) is 5.95. The van der Waals surface area contributed by atoms with Crippen LogP contribution in [0.3, 0.4) is 0 Å². The van der Waals surface area contributed by atoms with Crippen molar-refractivity contribution in [2.75, 3.05) is 45.8 Å². The summed E-state index contributed by atoms with van der Waals surface area (Å²) >= 11 is 5.79. The number of halogens is 2. The van der Waals surface area contributed by atoms with Crippen molar-refractivity contribution in [1.29, 1.82) is 0 Å². The minimum atomic E-state index is 0. The van der Waals surface area contributed by atoms with Gasteiger partial charge in [-0.2, -0.15) is 0 Å². The van der Waals surface area contributed by atoms with Gasteiger partial charge < -0.3 is 24.8 Å². The van der Waals surface area contributed by atoms with Crippen LogP contribution in [0.1, 0.15) is 6.42 Å². The van der Waals surface area contributed by atoms with Gasteiger partial charge in [0.15, 0.2) is 5.96 Å². The van der Waals surface area contributed by atoms with Gasteiger partial charge in [-0.15, -0.1) is 24.0 Å². The maximum atomic E-state index is 5.79. The van der Waals surface area contributed by atoms with E-state index in [-0.39, 0.29) is 24.0 Å². The van der Waals surface area contributed by atoms with Crippen LogP contribution in [-0.2, 0) is 4.74 Å². The van der Waals surface area contributed by atoms with Gasteiger partial charge in [-0.05, 0) is 18.2 Å². The molecule has 0 radical (unpaired) electrons. The molecule has 9 heteroatoms. The SMILES string of the molecule is CN=C(NCCOc1ccc(Cl)cn1)Nc1cccc(OCCCOC)c1.I. The van der Waals surface area contributed by atoms with Gasteiger partial charge >= 0.3 is 0 Å². The lowest BCUT2D eigenvalue weighted by Crippen LogP contribution is -2.33. The molecule has 2 aromatic rings. The van der Waals surface area contributed by atoms with Gasteiger partial charge in [0, 0.05) is 51.2 Å². The van der Waals surface area contributed by atoms with Crippen LogP contribution in [0.15, 0.2) is 47.6 Å². The first-order valence-corrected chi connectivity index (χ1v) is 9.03. The molecule has 0 spiro atoms. The highest BCUT2D eigenvalue weighted by Crippen LogP contribution is 2.17. The Kier molecular flexibility index (Phi) is 12.3. The number of guanidine groups is 1. The van der Waals surface area contributed by atoms with Crippen molar-refractivity contribution in [3.63, 3.8) is 0 Å². The molecule has 7 nitrogen and oxygen atoms in total. The van der Waals surface area contributed by atoms with E-state index < -0.39 is 0 Å². The molecule has 0 aliphatic rings. The molecule has 0 fully saturated rings. The highest BCUT2D eigenvalue weighted by molar-refractivity contribution is 14.0. The van der Waals surface area contributed by atoms with Gasteiger partial charge in [0.1, 0.15) is 12.4 Å². The zero-order chi connectivity index (χ0) is 19.3. The van der Waals surface area contributed by atoms with Crippen molar-refractivity contribution in [1.82, 2.24) is 10.3 Å². The number of aromatic nitrogens is 1. The van der Waals surface area contributed by atoms with E-state index in [0.717, 1.165) is 17.9 Å². The Morgan fingerprint density at radius 2 is 2.00 bits per heavy atom. The van der Waals surface area contributed by atoms with E-state index in [1.807, 2.05) is 24.3 Å². The molecule has 2 rings (SSSR count). The summed E-state index contributed by atoms with van der Waals surface area (Å²) in [6.07, 6.45) is 2.40. The molecular weight excluding hydrogens is 495 g/mol. The molecule has 0 unspecified atom stereocenters. The van der Waals surface area contributed by atoms with Crippen molar-refractivity contribution >= 4 is 47.2 Å². The molecule has 0 amide bonds. The number of methoxy groups -OCH3 is 1. The molecule has 0 aliphatic carbocycles. The lowest BCUT2D eigenvalue weighted by atomic mass is 10.3. The molecule has 0 bridgehead atoms. The topological polar surface area (TPSA) is 77.0 Å². The first kappa shape index (κ1) is 24.3. The summed E-state index contributed by atoms with van der Waals surface area (Å²) in [6, 6.07) is 11.2. The number of aliphatic imine (C=N–C) groups is 1. The van der Waals surface area contributed by atoms with Gasteiger partial charge in [0.2, 0.25) is 5.88 Å². The van der Waals surface area contributed by atoms with Gasteiger partial charge in [0.05, 0.1) is 18.2 Å². The van der Waals surface area contributed by atoms with E-state index in [4.69, 9.17) is 25.8 Å². The molecule has 154 valence electrons. The van der Waals surface area contributed by atoms with E-state index in [1.165, 1.54) is 0 Å². The molecule has 28 heavy (non-hydrogen) atoms. The number of ether oxygens (including phenoxy) is 3. The number of pyridine rings is 1. The molecule has 2 N–H and O–H groups in total. The molecule has 0 saturated heterocycles. The number of hydrogen-bond donors (Lipinski definition) is 2. The summed E-state index contributed by atoms with van der Waals surface area (Å²) in [5.41, 5.74) is 0.882. The molecule has 1 aromatic heterocycles. The Morgan fingerprint density at radius 1 is 1.14 bits per heavy atom. The highest BCUT2D eigenvalue weighted by atomic mass is 127.